The minimum Gasteiger partial charge on any atom is -0.356 e. The molecule has 1 heterocycles. The second-order valence-electron chi connectivity index (χ2n) is 3.44. The number of amides is 1. The van der Waals surface area contributed by atoms with Gasteiger partial charge in [0.1, 0.15) is 11.1 Å². The summed E-state index contributed by atoms with van der Waals surface area (Å²) < 4.78 is 0. The summed E-state index contributed by atoms with van der Waals surface area (Å²) >= 11 is 1.23. The van der Waals surface area contributed by atoms with E-state index in [9.17, 15) is 4.79 Å². The van der Waals surface area contributed by atoms with E-state index < -0.39 is 0 Å². The Bertz CT molecular complexity index is 467. The Morgan fingerprint density at radius 2 is 2.18 bits per heavy atom. The molecule has 0 radical (unpaired) electrons. The number of hydrogen-bond acceptors (Lipinski definition) is 5. The van der Waals surface area contributed by atoms with Crippen LogP contribution in [-0.2, 0) is 4.79 Å². The molecule has 0 saturated carbocycles. The van der Waals surface area contributed by atoms with Crippen LogP contribution in [0.1, 0.15) is 23.7 Å². The Morgan fingerprint density at radius 1 is 1.47 bits per heavy atom. The highest BCUT2D eigenvalue weighted by Gasteiger charge is 2.12. The van der Waals surface area contributed by atoms with Gasteiger partial charge < -0.3 is 5.32 Å². The number of aryl methyl sites for hydroxylation is 1. The lowest BCUT2D eigenvalue weighted by Crippen LogP contribution is -2.24. The number of rotatable bonds is 4. The van der Waals surface area contributed by atoms with E-state index in [4.69, 9.17) is 5.26 Å². The first-order chi connectivity index (χ1) is 8.10. The van der Waals surface area contributed by atoms with Gasteiger partial charge in [0.05, 0.1) is 17.0 Å². The quantitative estimate of drug-likeness (QED) is 0.812. The van der Waals surface area contributed by atoms with E-state index in [1.807, 2.05) is 13.8 Å². The second-order valence-corrected chi connectivity index (χ2v) is 4.41. The molecule has 0 aliphatic rings. The normalized spacial score (nSPS) is 9.76. The van der Waals surface area contributed by atoms with Crippen LogP contribution in [0.2, 0.25) is 0 Å². The number of hydrogen-bond donors (Lipinski definition) is 1. The Balaban J connectivity index is 2.82. The van der Waals surface area contributed by atoms with Crippen molar-refractivity contribution < 1.29 is 4.79 Å². The van der Waals surface area contributed by atoms with Crippen LogP contribution in [0.5, 0.6) is 0 Å². The fourth-order valence-corrected chi connectivity index (χ4v) is 2.01. The molecule has 6 heteroatoms. The zero-order valence-corrected chi connectivity index (χ0v) is 10.9. The SMILES string of the molecule is CCNC(=O)CSc1nnc(C)c(C)c1C#N. The van der Waals surface area contributed by atoms with Crippen LogP contribution in [0.3, 0.4) is 0 Å². The van der Waals surface area contributed by atoms with Gasteiger partial charge in [-0.1, -0.05) is 11.8 Å². The van der Waals surface area contributed by atoms with Gasteiger partial charge >= 0.3 is 0 Å². The van der Waals surface area contributed by atoms with E-state index in [0.29, 0.717) is 17.1 Å². The highest BCUT2D eigenvalue weighted by atomic mass is 32.2. The average molecular weight is 250 g/mol. The molecule has 0 aliphatic carbocycles. The van der Waals surface area contributed by atoms with Gasteiger partial charge in [0.2, 0.25) is 5.91 Å². The molecule has 1 aromatic heterocycles. The van der Waals surface area contributed by atoms with Gasteiger partial charge in [-0.05, 0) is 26.3 Å². The molecule has 0 aliphatic heterocycles. The van der Waals surface area contributed by atoms with E-state index >= 15 is 0 Å². The van der Waals surface area contributed by atoms with Crippen molar-refractivity contribution in [2.45, 2.75) is 25.8 Å². The molecule has 0 saturated heterocycles. The molecule has 17 heavy (non-hydrogen) atoms. The van der Waals surface area contributed by atoms with Gasteiger partial charge in [-0.2, -0.15) is 10.4 Å². The van der Waals surface area contributed by atoms with Gasteiger partial charge in [-0.25, -0.2) is 0 Å². The lowest BCUT2D eigenvalue weighted by molar-refractivity contribution is -0.118. The maximum Gasteiger partial charge on any atom is 0.230 e. The lowest BCUT2D eigenvalue weighted by Gasteiger charge is -2.06. The minimum absolute atomic E-state index is 0.0681. The van der Waals surface area contributed by atoms with E-state index in [-0.39, 0.29) is 11.7 Å². The number of thioether (sulfide) groups is 1. The van der Waals surface area contributed by atoms with Crippen molar-refractivity contribution in [3.63, 3.8) is 0 Å². The number of aromatic nitrogens is 2. The molecular weight excluding hydrogens is 236 g/mol. The lowest BCUT2D eigenvalue weighted by atomic mass is 10.1. The van der Waals surface area contributed by atoms with Crippen LogP contribution < -0.4 is 5.32 Å². The number of nitrogens with zero attached hydrogens (tertiary/aromatic N) is 3. The van der Waals surface area contributed by atoms with E-state index in [2.05, 4.69) is 21.6 Å². The number of nitriles is 1. The first-order valence-electron chi connectivity index (χ1n) is 5.23. The number of carbonyl (C=O) groups is 1. The van der Waals surface area contributed by atoms with E-state index in [1.165, 1.54) is 11.8 Å². The first-order valence-corrected chi connectivity index (χ1v) is 6.22. The Labute approximate surface area is 105 Å². The van der Waals surface area contributed by atoms with Crippen molar-refractivity contribution >= 4 is 17.7 Å². The van der Waals surface area contributed by atoms with Crippen molar-refractivity contribution in [2.75, 3.05) is 12.3 Å². The standard InChI is InChI=1S/C11H14N4OS/c1-4-13-10(16)6-17-11-9(5-12)7(2)8(3)14-15-11/h4,6H2,1-3H3,(H,13,16). The Hall–Kier alpha value is -1.61. The van der Waals surface area contributed by atoms with Crippen molar-refractivity contribution in [1.29, 1.82) is 5.26 Å². The molecule has 5 nitrogen and oxygen atoms in total. The molecule has 90 valence electrons. The summed E-state index contributed by atoms with van der Waals surface area (Å²) in [5.74, 6) is 0.182. The summed E-state index contributed by atoms with van der Waals surface area (Å²) in [6.45, 7) is 6.10. The van der Waals surface area contributed by atoms with Crippen molar-refractivity contribution in [1.82, 2.24) is 15.5 Å². The van der Waals surface area contributed by atoms with Crippen molar-refractivity contribution in [3.8, 4) is 6.07 Å². The summed E-state index contributed by atoms with van der Waals surface area (Å²) in [4.78, 5) is 11.3. The van der Waals surface area contributed by atoms with Crippen LogP contribution in [0.15, 0.2) is 5.03 Å². The molecular formula is C11H14N4OS. The summed E-state index contributed by atoms with van der Waals surface area (Å²) in [6, 6.07) is 2.11. The van der Waals surface area contributed by atoms with Crippen LogP contribution in [0.4, 0.5) is 0 Å². The van der Waals surface area contributed by atoms with Gasteiger partial charge in [-0.3, -0.25) is 4.79 Å². The first kappa shape index (κ1) is 13.5. The number of carbonyl (C=O) groups excluding carboxylic acids is 1. The van der Waals surface area contributed by atoms with E-state index in [1.54, 1.807) is 6.92 Å². The molecule has 0 fully saturated rings. The topological polar surface area (TPSA) is 78.7 Å². The van der Waals surface area contributed by atoms with Gasteiger partial charge in [0.15, 0.2) is 0 Å². The molecule has 0 bridgehead atoms. The van der Waals surface area contributed by atoms with Gasteiger partial charge in [0, 0.05) is 6.54 Å². The Morgan fingerprint density at radius 3 is 2.76 bits per heavy atom. The summed E-state index contributed by atoms with van der Waals surface area (Å²) in [7, 11) is 0. The summed E-state index contributed by atoms with van der Waals surface area (Å²) in [6.07, 6.45) is 0. The summed E-state index contributed by atoms with van der Waals surface area (Å²) in [5.41, 5.74) is 2.07. The third-order valence-corrected chi connectivity index (χ3v) is 3.21. The molecule has 0 spiro atoms. The summed E-state index contributed by atoms with van der Waals surface area (Å²) in [5, 5.41) is 20.2. The van der Waals surface area contributed by atoms with Crippen molar-refractivity contribution in [2.24, 2.45) is 0 Å². The zero-order valence-electron chi connectivity index (χ0n) is 10.1. The van der Waals surface area contributed by atoms with Gasteiger partial charge in [0.25, 0.3) is 0 Å². The zero-order chi connectivity index (χ0) is 12.8. The molecule has 1 rings (SSSR count). The largest absolute Gasteiger partial charge is 0.356 e. The molecule has 0 unspecified atom stereocenters. The smallest absolute Gasteiger partial charge is 0.230 e. The highest BCUT2D eigenvalue weighted by molar-refractivity contribution is 7.99. The van der Waals surface area contributed by atoms with Crippen LogP contribution >= 0.6 is 11.8 Å². The van der Waals surface area contributed by atoms with Crippen LogP contribution in [0.25, 0.3) is 0 Å². The molecule has 0 aromatic carbocycles. The fourth-order valence-electron chi connectivity index (χ4n) is 1.20. The molecule has 1 amide bonds. The van der Waals surface area contributed by atoms with Crippen molar-refractivity contribution in [3.05, 3.63) is 16.8 Å². The molecule has 0 atom stereocenters. The van der Waals surface area contributed by atoms with E-state index in [0.717, 1.165) is 11.3 Å². The highest BCUT2D eigenvalue weighted by Crippen LogP contribution is 2.22. The maximum absolute atomic E-state index is 11.3. The van der Waals surface area contributed by atoms with Crippen LogP contribution in [-0.4, -0.2) is 28.4 Å². The number of nitrogens with one attached hydrogen (secondary N) is 1. The third kappa shape index (κ3) is 3.43. The monoisotopic (exact) mass is 250 g/mol. The predicted octanol–water partition coefficient (Wildman–Crippen LogP) is 1.19. The molecule has 1 aromatic rings. The van der Waals surface area contributed by atoms with Gasteiger partial charge in [-0.15, -0.1) is 5.10 Å². The third-order valence-electron chi connectivity index (χ3n) is 2.25. The van der Waals surface area contributed by atoms with Crippen LogP contribution in [0, 0.1) is 25.2 Å². The Kier molecular flexibility index (Phi) is 4.91. The minimum atomic E-state index is -0.0681. The predicted molar refractivity (Wildman–Crippen MR) is 65.6 cm³/mol. The second kappa shape index (κ2) is 6.21. The molecule has 1 N–H and O–H groups in total. The average Bonchev–Trinajstić information content (AvgIpc) is 2.31. The maximum atomic E-state index is 11.3. The fraction of sp³-hybridized carbons (Fsp3) is 0.455.